The molecule has 0 saturated carbocycles. The molecule has 1 N–H and O–H groups in total. The van der Waals surface area contributed by atoms with Gasteiger partial charge in [-0.25, -0.2) is 4.98 Å². The molecular weight excluding hydrogens is 372 g/mol. The molecule has 1 aromatic heterocycles. The zero-order chi connectivity index (χ0) is 18.4. The SMILES string of the molecule is Cc1csc(CCCCNC(=O)/C=C/c2cc(Cl)c3c(c2)OCCO3)n1. The second kappa shape index (κ2) is 9.05. The van der Waals surface area contributed by atoms with E-state index in [1.807, 2.05) is 13.0 Å². The number of hydrogen-bond acceptors (Lipinski definition) is 5. The summed E-state index contributed by atoms with van der Waals surface area (Å²) in [7, 11) is 0. The number of thiazole rings is 1. The highest BCUT2D eigenvalue weighted by Crippen LogP contribution is 2.38. The van der Waals surface area contributed by atoms with Crippen LogP contribution >= 0.6 is 22.9 Å². The van der Waals surface area contributed by atoms with E-state index in [-0.39, 0.29) is 5.91 Å². The number of nitrogens with zero attached hydrogens (tertiary/aromatic N) is 1. The third kappa shape index (κ3) is 5.22. The first kappa shape index (κ1) is 18.7. The molecule has 1 amide bonds. The minimum Gasteiger partial charge on any atom is -0.486 e. The normalized spacial score (nSPS) is 13.2. The summed E-state index contributed by atoms with van der Waals surface area (Å²) in [6, 6.07) is 3.58. The van der Waals surface area contributed by atoms with Gasteiger partial charge in [0.2, 0.25) is 5.91 Å². The zero-order valence-corrected chi connectivity index (χ0v) is 16.2. The van der Waals surface area contributed by atoms with Crippen molar-refractivity contribution in [1.29, 1.82) is 0 Å². The molecule has 0 saturated heterocycles. The first-order valence-corrected chi connectivity index (χ1v) is 9.83. The average Bonchev–Trinajstić information content (AvgIpc) is 3.05. The Balaban J connectivity index is 1.42. The standard InChI is InChI=1S/C19H21ClN2O3S/c1-13-12-26-18(22-13)4-2-3-7-21-17(23)6-5-14-10-15(20)19-16(11-14)24-8-9-25-19/h5-6,10-12H,2-4,7-9H2,1H3,(H,21,23)/b6-5+. The molecule has 26 heavy (non-hydrogen) atoms. The number of aromatic nitrogens is 1. The second-order valence-corrected chi connectivity index (χ2v) is 7.34. The van der Waals surface area contributed by atoms with Gasteiger partial charge in [0.15, 0.2) is 11.5 Å². The van der Waals surface area contributed by atoms with E-state index in [0.29, 0.717) is 36.3 Å². The number of fused-ring (bicyclic) bond motifs is 1. The van der Waals surface area contributed by atoms with Crippen molar-refractivity contribution in [2.45, 2.75) is 26.2 Å². The lowest BCUT2D eigenvalue weighted by Crippen LogP contribution is -2.22. The van der Waals surface area contributed by atoms with E-state index < -0.39 is 0 Å². The molecule has 0 fully saturated rings. The van der Waals surface area contributed by atoms with E-state index in [4.69, 9.17) is 21.1 Å². The number of ether oxygens (including phenoxy) is 2. The summed E-state index contributed by atoms with van der Waals surface area (Å²) in [4.78, 5) is 16.4. The fraction of sp³-hybridized carbons (Fsp3) is 0.368. The lowest BCUT2D eigenvalue weighted by molar-refractivity contribution is -0.116. The van der Waals surface area contributed by atoms with Crippen LogP contribution in [0.25, 0.3) is 6.08 Å². The van der Waals surface area contributed by atoms with E-state index in [9.17, 15) is 4.79 Å². The highest BCUT2D eigenvalue weighted by Gasteiger charge is 2.15. The number of hydrogen-bond donors (Lipinski definition) is 1. The van der Waals surface area contributed by atoms with E-state index in [0.717, 1.165) is 35.5 Å². The Morgan fingerprint density at radius 1 is 1.35 bits per heavy atom. The third-order valence-corrected chi connectivity index (χ3v) is 5.14. The van der Waals surface area contributed by atoms with Crippen LogP contribution in [0.3, 0.4) is 0 Å². The van der Waals surface area contributed by atoms with E-state index >= 15 is 0 Å². The van der Waals surface area contributed by atoms with Crippen LogP contribution in [0.1, 0.15) is 29.1 Å². The van der Waals surface area contributed by atoms with Gasteiger partial charge in [-0.3, -0.25) is 4.79 Å². The molecule has 2 heterocycles. The van der Waals surface area contributed by atoms with Crippen LogP contribution in [-0.4, -0.2) is 30.6 Å². The molecule has 138 valence electrons. The number of rotatable bonds is 7. The Morgan fingerprint density at radius 3 is 3.00 bits per heavy atom. The van der Waals surface area contributed by atoms with Gasteiger partial charge >= 0.3 is 0 Å². The molecule has 0 atom stereocenters. The second-order valence-electron chi connectivity index (χ2n) is 5.99. The highest BCUT2D eigenvalue weighted by atomic mass is 35.5. The number of unbranched alkanes of at least 4 members (excludes halogenated alkanes) is 1. The molecule has 1 aromatic carbocycles. The third-order valence-electron chi connectivity index (χ3n) is 3.83. The lowest BCUT2D eigenvalue weighted by atomic mass is 10.1. The quantitative estimate of drug-likeness (QED) is 0.571. The fourth-order valence-electron chi connectivity index (χ4n) is 2.59. The van der Waals surface area contributed by atoms with Gasteiger partial charge < -0.3 is 14.8 Å². The van der Waals surface area contributed by atoms with Crippen LogP contribution < -0.4 is 14.8 Å². The molecule has 3 rings (SSSR count). The van der Waals surface area contributed by atoms with E-state index in [2.05, 4.69) is 15.7 Å². The molecule has 5 nitrogen and oxygen atoms in total. The predicted molar refractivity (Wildman–Crippen MR) is 104 cm³/mol. The summed E-state index contributed by atoms with van der Waals surface area (Å²) in [5.74, 6) is 1.05. The van der Waals surface area contributed by atoms with Gasteiger partial charge in [0, 0.05) is 23.7 Å². The van der Waals surface area contributed by atoms with Crippen LogP contribution in [0.2, 0.25) is 5.02 Å². The molecule has 0 bridgehead atoms. The number of carbonyl (C=O) groups is 1. The van der Waals surface area contributed by atoms with E-state index in [1.54, 1.807) is 23.5 Å². The van der Waals surface area contributed by atoms with E-state index in [1.165, 1.54) is 6.08 Å². The van der Waals surface area contributed by atoms with Crippen LogP contribution in [0.4, 0.5) is 0 Å². The maximum atomic E-state index is 11.9. The van der Waals surface area contributed by atoms with Gasteiger partial charge in [-0.2, -0.15) is 0 Å². The zero-order valence-electron chi connectivity index (χ0n) is 14.6. The number of amides is 1. The van der Waals surface area contributed by atoms with Crippen molar-refractivity contribution in [3.05, 3.63) is 44.9 Å². The smallest absolute Gasteiger partial charge is 0.243 e. The fourth-order valence-corrected chi connectivity index (χ4v) is 3.68. The molecule has 0 radical (unpaired) electrons. The number of nitrogens with one attached hydrogen (secondary N) is 1. The summed E-state index contributed by atoms with van der Waals surface area (Å²) in [5, 5.41) is 6.59. The summed E-state index contributed by atoms with van der Waals surface area (Å²) in [6.45, 7) is 3.64. The van der Waals surface area contributed by atoms with Gasteiger partial charge in [0.1, 0.15) is 13.2 Å². The Bertz CT molecular complexity index is 804. The van der Waals surface area contributed by atoms with Gasteiger partial charge in [-0.05, 0) is 50.0 Å². The largest absolute Gasteiger partial charge is 0.486 e. The Morgan fingerprint density at radius 2 is 2.19 bits per heavy atom. The molecule has 0 aliphatic carbocycles. The summed E-state index contributed by atoms with van der Waals surface area (Å²) in [5.41, 5.74) is 1.87. The van der Waals surface area contributed by atoms with Crippen molar-refractivity contribution in [3.63, 3.8) is 0 Å². The highest BCUT2D eigenvalue weighted by molar-refractivity contribution is 7.09. The van der Waals surface area contributed by atoms with Gasteiger partial charge in [0.25, 0.3) is 0 Å². The Kier molecular flexibility index (Phi) is 6.52. The molecule has 0 spiro atoms. The number of halogens is 1. The maximum Gasteiger partial charge on any atom is 0.243 e. The average molecular weight is 393 g/mol. The van der Waals surface area contributed by atoms with Crippen LogP contribution in [0, 0.1) is 6.92 Å². The Hall–Kier alpha value is -2.05. The lowest BCUT2D eigenvalue weighted by Gasteiger charge is -2.19. The molecule has 2 aromatic rings. The minimum absolute atomic E-state index is 0.124. The summed E-state index contributed by atoms with van der Waals surface area (Å²) >= 11 is 7.88. The predicted octanol–water partition coefficient (Wildman–Crippen LogP) is 4.03. The maximum absolute atomic E-state index is 11.9. The summed E-state index contributed by atoms with van der Waals surface area (Å²) < 4.78 is 11.0. The number of carbonyl (C=O) groups excluding carboxylic acids is 1. The van der Waals surface area contributed by atoms with Crippen molar-refractivity contribution in [3.8, 4) is 11.5 Å². The van der Waals surface area contributed by atoms with Crippen molar-refractivity contribution >= 4 is 34.9 Å². The molecular formula is C19H21ClN2O3S. The van der Waals surface area contributed by atoms with Crippen molar-refractivity contribution in [1.82, 2.24) is 10.3 Å². The topological polar surface area (TPSA) is 60.5 Å². The van der Waals surface area contributed by atoms with Crippen molar-refractivity contribution in [2.24, 2.45) is 0 Å². The van der Waals surface area contributed by atoms with Gasteiger partial charge in [-0.15, -0.1) is 11.3 Å². The van der Waals surface area contributed by atoms with Gasteiger partial charge in [-0.1, -0.05) is 11.6 Å². The molecule has 1 aliphatic heterocycles. The number of aryl methyl sites for hydroxylation is 2. The monoisotopic (exact) mass is 392 g/mol. The summed E-state index contributed by atoms with van der Waals surface area (Å²) in [6.07, 6.45) is 6.12. The Labute approximate surface area is 162 Å². The molecule has 0 unspecified atom stereocenters. The first-order valence-electron chi connectivity index (χ1n) is 8.58. The van der Waals surface area contributed by atoms with Crippen molar-refractivity contribution in [2.75, 3.05) is 19.8 Å². The minimum atomic E-state index is -0.124. The van der Waals surface area contributed by atoms with Crippen LogP contribution in [0.15, 0.2) is 23.6 Å². The molecule has 7 heteroatoms. The van der Waals surface area contributed by atoms with Crippen LogP contribution in [-0.2, 0) is 11.2 Å². The molecule has 1 aliphatic rings. The first-order chi connectivity index (χ1) is 12.6. The van der Waals surface area contributed by atoms with Gasteiger partial charge in [0.05, 0.1) is 10.0 Å². The van der Waals surface area contributed by atoms with Crippen molar-refractivity contribution < 1.29 is 14.3 Å². The van der Waals surface area contributed by atoms with Crippen LogP contribution in [0.5, 0.6) is 11.5 Å². The number of benzene rings is 1.